The van der Waals surface area contributed by atoms with Crippen molar-refractivity contribution in [1.82, 2.24) is 10.2 Å². The Hall–Kier alpha value is -0.910. The van der Waals surface area contributed by atoms with Crippen LogP contribution in [-0.4, -0.2) is 44.2 Å². The number of carbonyl (C=O) groups excluding carboxylic acids is 1. The lowest BCUT2D eigenvalue weighted by Gasteiger charge is -2.22. The predicted molar refractivity (Wildman–Crippen MR) is 74.8 cm³/mol. The highest BCUT2D eigenvalue weighted by Crippen LogP contribution is 2.12. The molecule has 0 bridgehead atoms. The number of rotatable bonds is 9. The third kappa shape index (κ3) is 5.62. The molecule has 0 aromatic carbocycles. The molecule has 5 heteroatoms. The van der Waals surface area contributed by atoms with Crippen LogP contribution in [0.3, 0.4) is 0 Å². The first-order chi connectivity index (χ1) is 8.77. The van der Waals surface area contributed by atoms with Gasteiger partial charge in [0.2, 0.25) is 5.91 Å². The molecule has 0 aliphatic rings. The van der Waals surface area contributed by atoms with Gasteiger partial charge in [-0.2, -0.15) is 0 Å². The lowest BCUT2D eigenvalue weighted by atomic mass is 10.3. The van der Waals surface area contributed by atoms with Gasteiger partial charge in [-0.05, 0) is 18.0 Å². The van der Waals surface area contributed by atoms with Crippen molar-refractivity contribution in [3.05, 3.63) is 22.4 Å². The van der Waals surface area contributed by atoms with Gasteiger partial charge in [0.15, 0.2) is 0 Å². The number of carbonyl (C=O) groups is 1. The van der Waals surface area contributed by atoms with Crippen molar-refractivity contribution in [2.45, 2.75) is 19.9 Å². The quantitative estimate of drug-likeness (QED) is 0.695. The van der Waals surface area contributed by atoms with E-state index in [1.54, 1.807) is 18.4 Å². The van der Waals surface area contributed by atoms with Crippen LogP contribution in [0, 0.1) is 0 Å². The van der Waals surface area contributed by atoms with E-state index in [0.29, 0.717) is 26.1 Å². The Morgan fingerprint density at radius 3 is 3.00 bits per heavy atom. The normalized spacial score (nSPS) is 10.6. The molecule has 0 saturated carbocycles. The Labute approximate surface area is 113 Å². The number of hydrogen-bond acceptors (Lipinski definition) is 4. The van der Waals surface area contributed by atoms with Crippen molar-refractivity contribution in [3.8, 4) is 0 Å². The first-order valence-electron chi connectivity index (χ1n) is 6.27. The standard InChI is InChI=1S/C13H22N2O2S/c1-3-14-7-6-13(16)15(8-9-17-2)11-12-5-4-10-18-12/h4-5,10,14H,3,6-9,11H2,1-2H3. The van der Waals surface area contributed by atoms with E-state index >= 15 is 0 Å². The molecule has 0 unspecified atom stereocenters. The van der Waals surface area contributed by atoms with E-state index in [4.69, 9.17) is 4.74 Å². The van der Waals surface area contributed by atoms with E-state index in [9.17, 15) is 4.79 Å². The molecule has 4 nitrogen and oxygen atoms in total. The smallest absolute Gasteiger partial charge is 0.224 e. The SMILES string of the molecule is CCNCCC(=O)N(CCOC)Cc1cccs1. The third-order valence-corrected chi connectivity index (χ3v) is 3.47. The summed E-state index contributed by atoms with van der Waals surface area (Å²) >= 11 is 1.68. The van der Waals surface area contributed by atoms with Crippen LogP contribution in [0.25, 0.3) is 0 Å². The molecule has 0 aliphatic carbocycles. The van der Waals surface area contributed by atoms with E-state index in [1.807, 2.05) is 23.3 Å². The van der Waals surface area contributed by atoms with Gasteiger partial charge in [0.05, 0.1) is 13.2 Å². The van der Waals surface area contributed by atoms with Gasteiger partial charge < -0.3 is 15.0 Å². The first kappa shape index (κ1) is 15.1. The number of ether oxygens (including phenoxy) is 1. The molecule has 0 radical (unpaired) electrons. The van der Waals surface area contributed by atoms with Crippen LogP contribution < -0.4 is 5.32 Å². The van der Waals surface area contributed by atoms with Crippen LogP contribution in [0.5, 0.6) is 0 Å². The summed E-state index contributed by atoms with van der Waals surface area (Å²) < 4.78 is 5.06. The fourth-order valence-electron chi connectivity index (χ4n) is 1.61. The fraction of sp³-hybridized carbons (Fsp3) is 0.615. The van der Waals surface area contributed by atoms with Gasteiger partial charge in [-0.15, -0.1) is 11.3 Å². The summed E-state index contributed by atoms with van der Waals surface area (Å²) in [5.74, 6) is 0.182. The summed E-state index contributed by atoms with van der Waals surface area (Å²) in [5.41, 5.74) is 0. The zero-order chi connectivity index (χ0) is 13.2. The minimum absolute atomic E-state index is 0.182. The Kier molecular flexibility index (Phi) is 7.64. The molecule has 1 rings (SSSR count). The molecular formula is C13H22N2O2S. The lowest BCUT2D eigenvalue weighted by Crippen LogP contribution is -2.35. The van der Waals surface area contributed by atoms with Crippen molar-refractivity contribution in [2.24, 2.45) is 0 Å². The van der Waals surface area contributed by atoms with Crippen molar-refractivity contribution < 1.29 is 9.53 Å². The maximum Gasteiger partial charge on any atom is 0.224 e. The van der Waals surface area contributed by atoms with Gasteiger partial charge >= 0.3 is 0 Å². The van der Waals surface area contributed by atoms with Crippen molar-refractivity contribution in [3.63, 3.8) is 0 Å². The van der Waals surface area contributed by atoms with E-state index in [0.717, 1.165) is 13.1 Å². The van der Waals surface area contributed by atoms with E-state index < -0.39 is 0 Å². The van der Waals surface area contributed by atoms with Gasteiger partial charge in [0, 0.05) is 31.5 Å². The molecule has 0 aliphatic heterocycles. The molecule has 1 amide bonds. The molecule has 1 heterocycles. The Balaban J connectivity index is 2.45. The van der Waals surface area contributed by atoms with Gasteiger partial charge in [-0.3, -0.25) is 4.79 Å². The Bertz CT molecular complexity index is 328. The fourth-order valence-corrected chi connectivity index (χ4v) is 2.33. The Morgan fingerprint density at radius 2 is 2.39 bits per heavy atom. The van der Waals surface area contributed by atoms with E-state index in [1.165, 1.54) is 4.88 Å². The van der Waals surface area contributed by atoms with Gasteiger partial charge in [0.1, 0.15) is 0 Å². The average Bonchev–Trinajstić information content (AvgIpc) is 2.87. The van der Waals surface area contributed by atoms with Gasteiger partial charge in [-0.25, -0.2) is 0 Å². The highest BCUT2D eigenvalue weighted by Gasteiger charge is 2.13. The summed E-state index contributed by atoms with van der Waals surface area (Å²) in [7, 11) is 1.66. The second-order valence-corrected chi connectivity index (χ2v) is 5.02. The van der Waals surface area contributed by atoms with Crippen LogP contribution >= 0.6 is 11.3 Å². The van der Waals surface area contributed by atoms with Gasteiger partial charge in [0.25, 0.3) is 0 Å². The van der Waals surface area contributed by atoms with Crippen LogP contribution in [0.1, 0.15) is 18.2 Å². The van der Waals surface area contributed by atoms with Crippen LogP contribution in [-0.2, 0) is 16.1 Å². The zero-order valence-corrected chi connectivity index (χ0v) is 12.0. The summed E-state index contributed by atoms with van der Waals surface area (Å²) in [6, 6.07) is 4.07. The maximum absolute atomic E-state index is 12.1. The topological polar surface area (TPSA) is 41.6 Å². The minimum atomic E-state index is 0.182. The number of hydrogen-bond donors (Lipinski definition) is 1. The molecule has 0 atom stereocenters. The average molecular weight is 270 g/mol. The number of nitrogens with zero attached hydrogens (tertiary/aromatic N) is 1. The summed E-state index contributed by atoms with van der Waals surface area (Å²) in [5, 5.41) is 5.21. The molecule has 1 N–H and O–H groups in total. The summed E-state index contributed by atoms with van der Waals surface area (Å²) in [4.78, 5) is 15.2. The van der Waals surface area contributed by atoms with E-state index in [-0.39, 0.29) is 5.91 Å². The second kappa shape index (κ2) is 9.08. The molecule has 0 fully saturated rings. The van der Waals surface area contributed by atoms with Crippen LogP contribution in [0.4, 0.5) is 0 Å². The number of amides is 1. The molecule has 1 aromatic rings. The summed E-state index contributed by atoms with van der Waals surface area (Å²) in [6.45, 7) is 5.60. The number of thiophene rings is 1. The zero-order valence-electron chi connectivity index (χ0n) is 11.1. The number of nitrogens with one attached hydrogen (secondary N) is 1. The predicted octanol–water partition coefficient (Wildman–Crippen LogP) is 1.72. The summed E-state index contributed by atoms with van der Waals surface area (Å²) in [6.07, 6.45) is 0.545. The Morgan fingerprint density at radius 1 is 1.56 bits per heavy atom. The highest BCUT2D eigenvalue weighted by atomic mass is 32.1. The molecule has 1 aromatic heterocycles. The van der Waals surface area contributed by atoms with Crippen molar-refractivity contribution >= 4 is 17.2 Å². The van der Waals surface area contributed by atoms with E-state index in [2.05, 4.69) is 11.4 Å². The maximum atomic E-state index is 12.1. The molecule has 18 heavy (non-hydrogen) atoms. The highest BCUT2D eigenvalue weighted by molar-refractivity contribution is 7.09. The number of methoxy groups -OCH3 is 1. The van der Waals surface area contributed by atoms with Crippen LogP contribution in [0.15, 0.2) is 17.5 Å². The molecular weight excluding hydrogens is 248 g/mol. The largest absolute Gasteiger partial charge is 0.383 e. The van der Waals surface area contributed by atoms with Gasteiger partial charge in [-0.1, -0.05) is 13.0 Å². The van der Waals surface area contributed by atoms with Crippen molar-refractivity contribution in [2.75, 3.05) is 33.4 Å². The molecule has 0 saturated heterocycles. The first-order valence-corrected chi connectivity index (χ1v) is 7.15. The monoisotopic (exact) mass is 270 g/mol. The van der Waals surface area contributed by atoms with Crippen molar-refractivity contribution in [1.29, 1.82) is 0 Å². The lowest BCUT2D eigenvalue weighted by molar-refractivity contribution is -0.132. The third-order valence-electron chi connectivity index (χ3n) is 2.61. The van der Waals surface area contributed by atoms with Crippen LogP contribution in [0.2, 0.25) is 0 Å². The second-order valence-electron chi connectivity index (χ2n) is 3.99. The minimum Gasteiger partial charge on any atom is -0.383 e. The molecule has 102 valence electrons. The molecule has 0 spiro atoms.